The van der Waals surface area contributed by atoms with Gasteiger partial charge in [0.25, 0.3) is 0 Å². The Bertz CT molecular complexity index is 775. The van der Waals surface area contributed by atoms with E-state index in [4.69, 9.17) is 4.74 Å². The molecule has 22 heavy (non-hydrogen) atoms. The number of benzene rings is 2. The number of ketones is 1. The van der Waals surface area contributed by atoms with E-state index in [1.165, 1.54) is 13.2 Å². The standard InChI is InChI=1S/C18H16O4/c1-22-17-9-11(2-7-16(17)20)8-13-4-3-12-10-14(19)5-6-15(12)18(13)21/h2,5-10,19-20H,3-4H2,1H3/b13-8+. The van der Waals surface area contributed by atoms with Crippen LogP contribution in [0.2, 0.25) is 0 Å². The number of hydrogen-bond acceptors (Lipinski definition) is 4. The number of ether oxygens (including phenoxy) is 1. The summed E-state index contributed by atoms with van der Waals surface area (Å²) in [6, 6.07) is 9.82. The summed E-state index contributed by atoms with van der Waals surface area (Å²) in [6.07, 6.45) is 3.16. The minimum Gasteiger partial charge on any atom is -0.508 e. The van der Waals surface area contributed by atoms with Gasteiger partial charge in [0.15, 0.2) is 17.3 Å². The van der Waals surface area contributed by atoms with Crippen LogP contribution >= 0.6 is 0 Å². The molecule has 3 rings (SSSR count). The number of fused-ring (bicyclic) bond motifs is 1. The van der Waals surface area contributed by atoms with E-state index < -0.39 is 0 Å². The van der Waals surface area contributed by atoms with E-state index in [0.717, 1.165) is 17.5 Å². The summed E-state index contributed by atoms with van der Waals surface area (Å²) < 4.78 is 5.08. The highest BCUT2D eigenvalue weighted by Crippen LogP contribution is 2.31. The van der Waals surface area contributed by atoms with Gasteiger partial charge < -0.3 is 14.9 Å². The molecular formula is C18H16O4. The van der Waals surface area contributed by atoms with Crippen molar-refractivity contribution in [3.63, 3.8) is 0 Å². The predicted octanol–water partition coefficient (Wildman–Crippen LogP) is 3.32. The Morgan fingerprint density at radius 3 is 2.68 bits per heavy atom. The van der Waals surface area contributed by atoms with Gasteiger partial charge in [-0.1, -0.05) is 6.07 Å². The molecule has 4 nitrogen and oxygen atoms in total. The molecule has 0 radical (unpaired) electrons. The topological polar surface area (TPSA) is 66.8 Å². The van der Waals surface area contributed by atoms with Crippen LogP contribution in [-0.2, 0) is 6.42 Å². The maximum Gasteiger partial charge on any atom is 0.189 e. The first-order chi connectivity index (χ1) is 10.6. The molecule has 0 fully saturated rings. The fourth-order valence-corrected chi connectivity index (χ4v) is 2.69. The van der Waals surface area contributed by atoms with E-state index in [1.54, 1.807) is 30.3 Å². The van der Waals surface area contributed by atoms with Crippen molar-refractivity contribution in [2.45, 2.75) is 12.8 Å². The van der Waals surface area contributed by atoms with E-state index in [0.29, 0.717) is 23.3 Å². The molecule has 0 aromatic heterocycles. The van der Waals surface area contributed by atoms with Crippen LogP contribution in [0, 0.1) is 0 Å². The van der Waals surface area contributed by atoms with Gasteiger partial charge in [-0.3, -0.25) is 4.79 Å². The largest absolute Gasteiger partial charge is 0.508 e. The zero-order chi connectivity index (χ0) is 15.7. The lowest BCUT2D eigenvalue weighted by atomic mass is 9.86. The van der Waals surface area contributed by atoms with Gasteiger partial charge >= 0.3 is 0 Å². The second-order valence-electron chi connectivity index (χ2n) is 5.27. The summed E-state index contributed by atoms with van der Waals surface area (Å²) in [5, 5.41) is 19.1. The average Bonchev–Trinajstić information content (AvgIpc) is 2.51. The molecule has 2 aromatic carbocycles. The second kappa shape index (κ2) is 5.56. The number of carbonyl (C=O) groups excluding carboxylic acids is 1. The number of phenolic OH excluding ortho intramolecular Hbond substituents is 2. The SMILES string of the molecule is COc1cc(/C=C2\CCc3cc(O)ccc3C2=O)ccc1O. The van der Waals surface area contributed by atoms with Gasteiger partial charge in [0.2, 0.25) is 0 Å². The van der Waals surface area contributed by atoms with E-state index in [1.807, 2.05) is 6.08 Å². The molecule has 0 spiro atoms. The number of hydrogen-bond donors (Lipinski definition) is 2. The van der Waals surface area contributed by atoms with Crippen molar-refractivity contribution in [3.05, 3.63) is 58.7 Å². The molecule has 0 bridgehead atoms. The first-order valence-electron chi connectivity index (χ1n) is 7.02. The number of allylic oxidation sites excluding steroid dienone is 1. The maximum atomic E-state index is 12.5. The highest BCUT2D eigenvalue weighted by atomic mass is 16.5. The Morgan fingerprint density at radius 2 is 1.91 bits per heavy atom. The molecule has 2 N–H and O–H groups in total. The molecule has 1 aliphatic rings. The smallest absolute Gasteiger partial charge is 0.189 e. The highest BCUT2D eigenvalue weighted by Gasteiger charge is 2.22. The second-order valence-corrected chi connectivity index (χ2v) is 5.27. The summed E-state index contributed by atoms with van der Waals surface area (Å²) >= 11 is 0. The van der Waals surface area contributed by atoms with Crippen LogP contribution in [0.25, 0.3) is 6.08 Å². The van der Waals surface area contributed by atoms with E-state index in [-0.39, 0.29) is 17.3 Å². The van der Waals surface area contributed by atoms with Gasteiger partial charge in [-0.05, 0) is 60.4 Å². The lowest BCUT2D eigenvalue weighted by Gasteiger charge is -2.17. The van der Waals surface area contributed by atoms with Crippen molar-refractivity contribution in [2.24, 2.45) is 0 Å². The van der Waals surface area contributed by atoms with Gasteiger partial charge in [-0.25, -0.2) is 0 Å². The van der Waals surface area contributed by atoms with Gasteiger partial charge in [-0.2, -0.15) is 0 Å². The van der Waals surface area contributed by atoms with Gasteiger partial charge in [0, 0.05) is 11.1 Å². The van der Waals surface area contributed by atoms with Crippen LogP contribution in [0.3, 0.4) is 0 Å². The number of aromatic hydroxyl groups is 2. The number of methoxy groups -OCH3 is 1. The van der Waals surface area contributed by atoms with Gasteiger partial charge in [0.1, 0.15) is 5.75 Å². The molecule has 2 aromatic rings. The molecule has 0 aliphatic heterocycles. The van der Waals surface area contributed by atoms with Crippen LogP contribution in [-0.4, -0.2) is 23.1 Å². The fourth-order valence-electron chi connectivity index (χ4n) is 2.69. The third-order valence-electron chi connectivity index (χ3n) is 3.83. The Hall–Kier alpha value is -2.75. The number of phenols is 2. The van der Waals surface area contributed by atoms with E-state index in [2.05, 4.69) is 0 Å². The van der Waals surface area contributed by atoms with Crippen molar-refractivity contribution in [1.82, 2.24) is 0 Å². The third kappa shape index (κ3) is 2.55. The summed E-state index contributed by atoms with van der Waals surface area (Å²) in [4.78, 5) is 12.5. The minimum absolute atomic E-state index is 0.0201. The lowest BCUT2D eigenvalue weighted by molar-refractivity contribution is 0.102. The molecule has 0 unspecified atom stereocenters. The van der Waals surface area contributed by atoms with Crippen LogP contribution in [0.4, 0.5) is 0 Å². The zero-order valence-corrected chi connectivity index (χ0v) is 12.2. The van der Waals surface area contributed by atoms with Gasteiger partial charge in [0.05, 0.1) is 7.11 Å². The first kappa shape index (κ1) is 14.2. The van der Waals surface area contributed by atoms with Crippen LogP contribution in [0.1, 0.15) is 27.9 Å². The summed E-state index contributed by atoms with van der Waals surface area (Å²) in [6.45, 7) is 0. The maximum absolute atomic E-state index is 12.5. The number of rotatable bonds is 2. The molecular weight excluding hydrogens is 280 g/mol. The van der Waals surface area contributed by atoms with Crippen molar-refractivity contribution in [2.75, 3.05) is 7.11 Å². The van der Waals surface area contributed by atoms with Crippen molar-refractivity contribution in [3.8, 4) is 17.2 Å². The summed E-state index contributed by atoms with van der Waals surface area (Å²) in [7, 11) is 1.49. The first-order valence-corrected chi connectivity index (χ1v) is 7.02. The molecule has 4 heteroatoms. The van der Waals surface area contributed by atoms with Crippen LogP contribution in [0.5, 0.6) is 17.2 Å². The molecule has 1 aliphatic carbocycles. The summed E-state index contributed by atoms with van der Waals surface area (Å²) in [5.74, 6) is 0.610. The normalized spacial score (nSPS) is 15.7. The van der Waals surface area contributed by atoms with Gasteiger partial charge in [-0.15, -0.1) is 0 Å². The number of aryl methyl sites for hydroxylation is 1. The monoisotopic (exact) mass is 296 g/mol. The molecule has 0 amide bonds. The molecule has 0 atom stereocenters. The molecule has 112 valence electrons. The Balaban J connectivity index is 1.96. The Labute approximate surface area is 128 Å². The molecule has 0 saturated heterocycles. The summed E-state index contributed by atoms with van der Waals surface area (Å²) in [5.41, 5.74) is 3.04. The Morgan fingerprint density at radius 1 is 1.09 bits per heavy atom. The fraction of sp³-hybridized carbons (Fsp3) is 0.167. The zero-order valence-electron chi connectivity index (χ0n) is 12.2. The average molecular weight is 296 g/mol. The molecule has 0 heterocycles. The molecule has 0 saturated carbocycles. The van der Waals surface area contributed by atoms with Crippen molar-refractivity contribution in [1.29, 1.82) is 0 Å². The van der Waals surface area contributed by atoms with Crippen LogP contribution < -0.4 is 4.74 Å². The predicted molar refractivity (Wildman–Crippen MR) is 83.4 cm³/mol. The minimum atomic E-state index is -0.0201. The quantitative estimate of drug-likeness (QED) is 0.834. The number of Topliss-reactive ketones (excluding diaryl/α,β-unsaturated/α-hetero) is 1. The third-order valence-corrected chi connectivity index (χ3v) is 3.83. The highest BCUT2D eigenvalue weighted by molar-refractivity contribution is 6.13. The Kier molecular flexibility index (Phi) is 3.59. The van der Waals surface area contributed by atoms with Crippen molar-refractivity contribution >= 4 is 11.9 Å². The number of carbonyl (C=O) groups is 1. The van der Waals surface area contributed by atoms with E-state index in [9.17, 15) is 15.0 Å². The van der Waals surface area contributed by atoms with Crippen LogP contribution in [0.15, 0.2) is 42.0 Å². The van der Waals surface area contributed by atoms with E-state index >= 15 is 0 Å². The van der Waals surface area contributed by atoms with Crippen molar-refractivity contribution < 1.29 is 19.7 Å². The lowest BCUT2D eigenvalue weighted by Crippen LogP contribution is -2.13.